The first-order chi connectivity index (χ1) is 7.46. The van der Waals surface area contributed by atoms with Gasteiger partial charge in [-0.25, -0.2) is 4.39 Å². The van der Waals surface area contributed by atoms with Gasteiger partial charge in [-0.15, -0.1) is 0 Å². The number of aliphatic hydroxyl groups excluding tert-OH is 1. The average Bonchev–Trinajstić information content (AvgIpc) is 2.28. The van der Waals surface area contributed by atoms with Crippen LogP contribution in [0.1, 0.15) is 12.5 Å². The molecule has 3 nitrogen and oxygen atoms in total. The highest BCUT2D eigenvalue weighted by molar-refractivity contribution is 9.10. The highest BCUT2D eigenvalue weighted by atomic mass is 79.9. The Morgan fingerprint density at radius 2 is 1.81 bits per heavy atom. The number of aliphatic hydroxyl groups is 1. The second kappa shape index (κ2) is 5.01. The summed E-state index contributed by atoms with van der Waals surface area (Å²) in [7, 11) is 2.98. The first-order valence-electron chi connectivity index (χ1n) is 4.68. The Morgan fingerprint density at radius 1 is 1.31 bits per heavy atom. The number of methoxy groups -OCH3 is 2. The maximum atomic E-state index is 14.0. The number of ether oxygens (including phenoxy) is 2. The molecule has 0 fully saturated rings. The van der Waals surface area contributed by atoms with Gasteiger partial charge in [0, 0.05) is 10.0 Å². The molecule has 0 aliphatic carbocycles. The summed E-state index contributed by atoms with van der Waals surface area (Å²) >= 11 is 3.24. The molecule has 0 heterocycles. The lowest BCUT2D eigenvalue weighted by molar-refractivity contribution is 0.0858. The van der Waals surface area contributed by atoms with Crippen molar-refractivity contribution in [2.24, 2.45) is 0 Å². The Bertz CT molecular complexity index is 380. The summed E-state index contributed by atoms with van der Waals surface area (Å²) in [6.45, 7) is 0.708. The van der Waals surface area contributed by atoms with Crippen LogP contribution in [-0.4, -0.2) is 25.9 Å². The predicted molar refractivity (Wildman–Crippen MR) is 62.8 cm³/mol. The van der Waals surface area contributed by atoms with Gasteiger partial charge in [0.2, 0.25) is 0 Å². The van der Waals surface area contributed by atoms with E-state index >= 15 is 0 Å². The lowest BCUT2D eigenvalue weighted by Crippen LogP contribution is -2.21. The van der Waals surface area contributed by atoms with Gasteiger partial charge in [-0.3, -0.25) is 0 Å². The summed E-state index contributed by atoms with van der Waals surface area (Å²) in [5.41, 5.74) is -1.49. The van der Waals surface area contributed by atoms with Crippen molar-refractivity contribution in [2.45, 2.75) is 12.6 Å². The van der Waals surface area contributed by atoms with Crippen LogP contribution in [0, 0.1) is 0 Å². The third-order valence-electron chi connectivity index (χ3n) is 2.33. The first kappa shape index (κ1) is 13.3. The summed E-state index contributed by atoms with van der Waals surface area (Å²) in [5, 5.41) is 8.99. The number of rotatable bonds is 4. The SMILES string of the molecule is COc1cc(Br)c(C(C)(F)CO)cc1OC. The largest absolute Gasteiger partial charge is 0.493 e. The molecule has 1 rings (SSSR count). The van der Waals surface area contributed by atoms with Crippen LogP contribution in [0.3, 0.4) is 0 Å². The third-order valence-corrected chi connectivity index (χ3v) is 2.99. The molecule has 0 aromatic heterocycles. The van der Waals surface area contributed by atoms with Gasteiger partial charge in [-0.1, -0.05) is 15.9 Å². The second-order valence-electron chi connectivity index (χ2n) is 3.54. The van der Waals surface area contributed by atoms with Gasteiger partial charge in [0.1, 0.15) is 0 Å². The molecular formula is C11H14BrFO3. The van der Waals surface area contributed by atoms with E-state index < -0.39 is 12.3 Å². The van der Waals surface area contributed by atoms with Gasteiger partial charge >= 0.3 is 0 Å². The van der Waals surface area contributed by atoms with Gasteiger partial charge in [0.15, 0.2) is 17.2 Å². The molecule has 16 heavy (non-hydrogen) atoms. The van der Waals surface area contributed by atoms with Gasteiger partial charge < -0.3 is 14.6 Å². The molecule has 90 valence electrons. The number of alkyl halides is 1. The zero-order valence-corrected chi connectivity index (χ0v) is 11.0. The van der Waals surface area contributed by atoms with Crippen molar-refractivity contribution in [3.05, 3.63) is 22.2 Å². The van der Waals surface area contributed by atoms with E-state index in [4.69, 9.17) is 14.6 Å². The second-order valence-corrected chi connectivity index (χ2v) is 4.40. The van der Waals surface area contributed by atoms with Crippen molar-refractivity contribution >= 4 is 15.9 Å². The highest BCUT2D eigenvalue weighted by Gasteiger charge is 2.28. The summed E-state index contributed by atoms with van der Waals surface area (Å²) in [5.74, 6) is 0.935. The Labute approximate surface area is 102 Å². The average molecular weight is 293 g/mol. The van der Waals surface area contributed by atoms with Crippen molar-refractivity contribution in [3.63, 3.8) is 0 Å². The fraction of sp³-hybridized carbons (Fsp3) is 0.455. The molecule has 1 atom stereocenters. The van der Waals surface area contributed by atoms with Crippen molar-refractivity contribution in [3.8, 4) is 11.5 Å². The van der Waals surface area contributed by atoms with Crippen LogP contribution in [0.5, 0.6) is 11.5 Å². The van der Waals surface area contributed by atoms with E-state index in [1.165, 1.54) is 27.2 Å². The Morgan fingerprint density at radius 3 is 2.25 bits per heavy atom. The molecule has 0 aliphatic heterocycles. The van der Waals surface area contributed by atoms with E-state index in [1.807, 2.05) is 0 Å². The van der Waals surface area contributed by atoms with E-state index in [2.05, 4.69) is 15.9 Å². The quantitative estimate of drug-likeness (QED) is 0.927. The molecule has 0 saturated heterocycles. The van der Waals surface area contributed by atoms with Crippen LogP contribution >= 0.6 is 15.9 Å². The van der Waals surface area contributed by atoms with Crippen molar-refractivity contribution in [1.29, 1.82) is 0 Å². The Balaban J connectivity index is 3.32. The molecule has 0 aliphatic rings. The minimum Gasteiger partial charge on any atom is -0.493 e. The summed E-state index contributed by atoms with van der Waals surface area (Å²) < 4.78 is 24.7. The van der Waals surface area contributed by atoms with Crippen LogP contribution in [0.15, 0.2) is 16.6 Å². The van der Waals surface area contributed by atoms with Gasteiger partial charge in [0.25, 0.3) is 0 Å². The van der Waals surface area contributed by atoms with E-state index in [0.29, 0.717) is 21.5 Å². The fourth-order valence-electron chi connectivity index (χ4n) is 1.34. The third kappa shape index (κ3) is 2.47. The fourth-order valence-corrected chi connectivity index (χ4v) is 2.07. The molecular weight excluding hydrogens is 279 g/mol. The van der Waals surface area contributed by atoms with Crippen LogP contribution in [0.4, 0.5) is 4.39 Å². The lowest BCUT2D eigenvalue weighted by atomic mass is 9.98. The maximum Gasteiger partial charge on any atom is 0.161 e. The van der Waals surface area contributed by atoms with Gasteiger partial charge in [0.05, 0.1) is 20.8 Å². The van der Waals surface area contributed by atoms with Crippen LogP contribution in [-0.2, 0) is 5.67 Å². The van der Waals surface area contributed by atoms with E-state index in [-0.39, 0.29) is 0 Å². The molecule has 0 amide bonds. The van der Waals surface area contributed by atoms with Crippen LogP contribution in [0.25, 0.3) is 0 Å². The van der Waals surface area contributed by atoms with Gasteiger partial charge in [-0.05, 0) is 19.1 Å². The molecule has 0 saturated carbocycles. The van der Waals surface area contributed by atoms with Crippen molar-refractivity contribution < 1.29 is 19.0 Å². The number of halogens is 2. The zero-order valence-electron chi connectivity index (χ0n) is 9.38. The molecule has 1 unspecified atom stereocenters. The molecule has 1 N–H and O–H groups in total. The lowest BCUT2D eigenvalue weighted by Gasteiger charge is -2.21. The summed E-state index contributed by atoms with van der Waals surface area (Å²) in [4.78, 5) is 0. The van der Waals surface area contributed by atoms with E-state index in [0.717, 1.165) is 0 Å². The highest BCUT2D eigenvalue weighted by Crippen LogP contribution is 2.39. The van der Waals surface area contributed by atoms with Crippen LogP contribution in [0.2, 0.25) is 0 Å². The minimum atomic E-state index is -1.82. The Kier molecular flexibility index (Phi) is 4.15. The minimum absolute atomic E-state index is 0.327. The molecule has 0 bridgehead atoms. The normalized spacial score (nSPS) is 14.4. The smallest absolute Gasteiger partial charge is 0.161 e. The number of hydrogen-bond donors (Lipinski definition) is 1. The summed E-state index contributed by atoms with van der Waals surface area (Å²) in [6, 6.07) is 3.13. The maximum absolute atomic E-state index is 14.0. The molecule has 5 heteroatoms. The zero-order chi connectivity index (χ0) is 12.3. The monoisotopic (exact) mass is 292 g/mol. The van der Waals surface area contributed by atoms with E-state index in [9.17, 15) is 4.39 Å². The predicted octanol–water partition coefficient (Wildman–Crippen LogP) is 2.64. The van der Waals surface area contributed by atoms with Crippen LogP contribution < -0.4 is 9.47 Å². The topological polar surface area (TPSA) is 38.7 Å². The first-order valence-corrected chi connectivity index (χ1v) is 5.47. The standard InChI is InChI=1S/C11H14BrFO3/c1-11(13,6-14)7-4-9(15-2)10(16-3)5-8(7)12/h4-5,14H,6H2,1-3H3. The number of benzene rings is 1. The Hall–Kier alpha value is -0.810. The molecule has 1 aromatic carbocycles. The molecule has 0 radical (unpaired) electrons. The van der Waals surface area contributed by atoms with E-state index in [1.54, 1.807) is 6.07 Å². The van der Waals surface area contributed by atoms with Gasteiger partial charge in [-0.2, -0.15) is 0 Å². The molecule has 0 spiro atoms. The van der Waals surface area contributed by atoms with Crippen molar-refractivity contribution in [2.75, 3.05) is 20.8 Å². The van der Waals surface area contributed by atoms with Crippen molar-refractivity contribution in [1.82, 2.24) is 0 Å². The molecule has 1 aromatic rings. The summed E-state index contributed by atoms with van der Waals surface area (Å²) in [6.07, 6.45) is 0. The number of hydrogen-bond acceptors (Lipinski definition) is 3.